The number of aromatic nitrogens is 2. The Morgan fingerprint density at radius 1 is 1.03 bits per heavy atom. The van der Waals surface area contributed by atoms with E-state index in [2.05, 4.69) is 50.1 Å². The molecule has 1 amide bonds. The number of hydrogen-bond donors (Lipinski definition) is 2. The molecule has 7 nitrogen and oxygen atoms in total. The molecule has 1 fully saturated rings. The molecule has 1 aliphatic heterocycles. The number of halogens is 1. The largest absolute Gasteiger partial charge is 0.369 e. The van der Waals surface area contributed by atoms with Crippen LogP contribution in [0.3, 0.4) is 0 Å². The van der Waals surface area contributed by atoms with Gasteiger partial charge in [-0.2, -0.15) is 9.37 Å². The maximum Gasteiger partial charge on any atom is 0.247 e. The first-order valence-corrected chi connectivity index (χ1v) is 10.4. The Balaban J connectivity index is 1.55. The summed E-state index contributed by atoms with van der Waals surface area (Å²) in [6.07, 6.45) is 1.19. The third kappa shape index (κ3) is 5.28. The minimum absolute atomic E-state index is 0.163. The molecule has 0 spiro atoms. The maximum absolute atomic E-state index is 14.3. The number of piperazine rings is 1. The SMILES string of the molecule is C=CC(=O)Nc1cccc(-c2cc(F)nc(Nc3cccc(N4CCN(C)CC4)c3)n2)c1. The summed E-state index contributed by atoms with van der Waals surface area (Å²) in [5.74, 6) is -0.803. The van der Waals surface area contributed by atoms with Crippen LogP contribution in [0.4, 0.5) is 27.4 Å². The van der Waals surface area contributed by atoms with Gasteiger partial charge in [-0.15, -0.1) is 0 Å². The zero-order valence-electron chi connectivity index (χ0n) is 17.9. The van der Waals surface area contributed by atoms with Crippen molar-refractivity contribution in [3.8, 4) is 11.3 Å². The first-order chi connectivity index (χ1) is 15.5. The van der Waals surface area contributed by atoms with Crippen molar-refractivity contribution < 1.29 is 9.18 Å². The lowest BCUT2D eigenvalue weighted by molar-refractivity contribution is -0.111. The summed E-state index contributed by atoms with van der Waals surface area (Å²) in [7, 11) is 2.12. The molecule has 2 heterocycles. The molecule has 0 radical (unpaired) electrons. The predicted octanol–water partition coefficient (Wildman–Crippen LogP) is 3.90. The number of nitrogens with zero attached hydrogens (tertiary/aromatic N) is 4. The summed E-state index contributed by atoms with van der Waals surface area (Å²) in [6, 6.07) is 16.2. The van der Waals surface area contributed by atoms with Gasteiger partial charge in [0.2, 0.25) is 17.8 Å². The highest BCUT2D eigenvalue weighted by Crippen LogP contribution is 2.25. The molecular weight excluding hydrogens is 407 g/mol. The number of amides is 1. The van der Waals surface area contributed by atoms with Crippen LogP contribution in [0.1, 0.15) is 0 Å². The molecule has 0 bridgehead atoms. The lowest BCUT2D eigenvalue weighted by Gasteiger charge is -2.34. The quantitative estimate of drug-likeness (QED) is 0.455. The molecule has 1 aliphatic rings. The Hall–Kier alpha value is -3.78. The summed E-state index contributed by atoms with van der Waals surface area (Å²) >= 11 is 0. The second-order valence-electron chi connectivity index (χ2n) is 7.64. The van der Waals surface area contributed by atoms with Crippen molar-refractivity contribution in [1.29, 1.82) is 0 Å². The Morgan fingerprint density at radius 3 is 2.56 bits per heavy atom. The highest BCUT2D eigenvalue weighted by molar-refractivity contribution is 5.99. The molecule has 0 unspecified atom stereocenters. The van der Waals surface area contributed by atoms with Crippen molar-refractivity contribution in [3.63, 3.8) is 0 Å². The van der Waals surface area contributed by atoms with E-state index in [0.717, 1.165) is 37.6 Å². The van der Waals surface area contributed by atoms with Gasteiger partial charge in [-0.25, -0.2) is 4.98 Å². The maximum atomic E-state index is 14.3. The van der Waals surface area contributed by atoms with E-state index in [1.54, 1.807) is 24.3 Å². The molecule has 2 aromatic carbocycles. The lowest BCUT2D eigenvalue weighted by Crippen LogP contribution is -2.44. The fourth-order valence-electron chi connectivity index (χ4n) is 3.55. The number of hydrogen-bond acceptors (Lipinski definition) is 6. The van der Waals surface area contributed by atoms with Crippen LogP contribution < -0.4 is 15.5 Å². The van der Waals surface area contributed by atoms with Crippen LogP contribution in [0.5, 0.6) is 0 Å². The van der Waals surface area contributed by atoms with Crippen molar-refractivity contribution in [1.82, 2.24) is 14.9 Å². The van der Waals surface area contributed by atoms with Crippen LogP contribution in [0.25, 0.3) is 11.3 Å². The number of carbonyl (C=O) groups excluding carboxylic acids is 1. The van der Waals surface area contributed by atoms with Crippen LogP contribution >= 0.6 is 0 Å². The standard InChI is InChI=1S/C24H25FN6O/c1-3-23(32)26-18-7-4-6-17(14-18)21-16-22(25)29-24(28-21)27-19-8-5-9-20(15-19)31-12-10-30(2)11-13-31/h3-9,14-16H,1,10-13H2,2H3,(H,26,32)(H,27,28,29). The number of carbonyl (C=O) groups is 1. The number of benzene rings is 2. The fourth-order valence-corrected chi connectivity index (χ4v) is 3.55. The number of likely N-dealkylation sites (N-methyl/N-ethyl adjacent to an activating group) is 1. The van der Waals surface area contributed by atoms with Gasteiger partial charge in [-0.3, -0.25) is 4.79 Å². The highest BCUT2D eigenvalue weighted by atomic mass is 19.1. The summed E-state index contributed by atoms with van der Waals surface area (Å²) in [5.41, 5.74) is 3.52. The van der Waals surface area contributed by atoms with Gasteiger partial charge in [0, 0.05) is 54.9 Å². The van der Waals surface area contributed by atoms with Gasteiger partial charge in [0.1, 0.15) is 0 Å². The van der Waals surface area contributed by atoms with Gasteiger partial charge in [-0.1, -0.05) is 24.8 Å². The summed E-state index contributed by atoms with van der Waals surface area (Å²) in [4.78, 5) is 24.6. The van der Waals surface area contributed by atoms with Crippen LogP contribution in [0, 0.1) is 5.95 Å². The van der Waals surface area contributed by atoms with E-state index in [1.807, 2.05) is 18.2 Å². The summed E-state index contributed by atoms with van der Waals surface area (Å²) in [6.45, 7) is 7.39. The Kier molecular flexibility index (Phi) is 6.42. The topological polar surface area (TPSA) is 73.4 Å². The Morgan fingerprint density at radius 2 is 1.78 bits per heavy atom. The molecule has 1 saturated heterocycles. The lowest BCUT2D eigenvalue weighted by atomic mass is 10.1. The van der Waals surface area contributed by atoms with Crippen molar-refractivity contribution in [2.45, 2.75) is 0 Å². The van der Waals surface area contributed by atoms with E-state index in [4.69, 9.17) is 0 Å². The number of anilines is 4. The van der Waals surface area contributed by atoms with Crippen molar-refractivity contribution in [3.05, 3.63) is 73.2 Å². The van der Waals surface area contributed by atoms with Crippen molar-refractivity contribution in [2.75, 3.05) is 48.8 Å². The van der Waals surface area contributed by atoms with Gasteiger partial charge < -0.3 is 20.4 Å². The smallest absolute Gasteiger partial charge is 0.247 e. The first kappa shape index (κ1) is 21.5. The Bertz CT molecular complexity index is 1130. The zero-order chi connectivity index (χ0) is 22.5. The normalized spacial score (nSPS) is 14.1. The van der Waals surface area contributed by atoms with E-state index in [9.17, 15) is 9.18 Å². The average molecular weight is 433 g/mol. The molecule has 2 N–H and O–H groups in total. The second-order valence-corrected chi connectivity index (χ2v) is 7.64. The second kappa shape index (κ2) is 9.57. The molecule has 0 aliphatic carbocycles. The monoisotopic (exact) mass is 432 g/mol. The summed E-state index contributed by atoms with van der Waals surface area (Å²) < 4.78 is 14.3. The third-order valence-electron chi connectivity index (χ3n) is 5.28. The van der Waals surface area contributed by atoms with Gasteiger partial charge >= 0.3 is 0 Å². The average Bonchev–Trinajstić information content (AvgIpc) is 2.79. The van der Waals surface area contributed by atoms with E-state index in [0.29, 0.717) is 16.9 Å². The number of nitrogens with one attached hydrogen (secondary N) is 2. The van der Waals surface area contributed by atoms with E-state index >= 15 is 0 Å². The molecule has 4 rings (SSSR count). The molecule has 3 aromatic rings. The molecule has 164 valence electrons. The van der Waals surface area contributed by atoms with Gasteiger partial charge in [-0.05, 0) is 43.5 Å². The minimum atomic E-state index is -0.645. The van der Waals surface area contributed by atoms with Crippen molar-refractivity contribution in [2.24, 2.45) is 0 Å². The fraction of sp³-hybridized carbons (Fsp3) is 0.208. The molecule has 8 heteroatoms. The molecule has 32 heavy (non-hydrogen) atoms. The van der Waals surface area contributed by atoms with Gasteiger partial charge in [0.15, 0.2) is 0 Å². The number of rotatable bonds is 6. The summed E-state index contributed by atoms with van der Waals surface area (Å²) in [5, 5.41) is 5.81. The van der Waals surface area contributed by atoms with E-state index in [-0.39, 0.29) is 11.9 Å². The molecular formula is C24H25FN6O. The highest BCUT2D eigenvalue weighted by Gasteiger charge is 2.15. The minimum Gasteiger partial charge on any atom is -0.369 e. The first-order valence-electron chi connectivity index (χ1n) is 10.4. The molecule has 0 atom stereocenters. The van der Waals surface area contributed by atoms with Gasteiger partial charge in [0.05, 0.1) is 5.69 Å². The zero-order valence-corrected chi connectivity index (χ0v) is 17.9. The van der Waals surface area contributed by atoms with Crippen molar-refractivity contribution >= 4 is 28.9 Å². The van der Waals surface area contributed by atoms with Crippen LogP contribution in [-0.2, 0) is 4.79 Å². The van der Waals surface area contributed by atoms with Crippen LogP contribution in [0.15, 0.2) is 67.3 Å². The van der Waals surface area contributed by atoms with Crippen LogP contribution in [0.2, 0.25) is 0 Å². The third-order valence-corrected chi connectivity index (χ3v) is 5.28. The van der Waals surface area contributed by atoms with Crippen LogP contribution in [-0.4, -0.2) is 54.0 Å². The van der Waals surface area contributed by atoms with E-state index < -0.39 is 5.95 Å². The molecule has 1 aromatic heterocycles. The Labute approximate surface area is 186 Å². The molecule has 0 saturated carbocycles. The predicted molar refractivity (Wildman–Crippen MR) is 126 cm³/mol. The van der Waals surface area contributed by atoms with E-state index in [1.165, 1.54) is 12.1 Å². The van der Waals surface area contributed by atoms with Gasteiger partial charge in [0.25, 0.3) is 0 Å².